The highest BCUT2D eigenvalue weighted by atomic mass is 35.5. The van der Waals surface area contributed by atoms with E-state index < -0.39 is 0 Å². The van der Waals surface area contributed by atoms with Crippen molar-refractivity contribution in [3.63, 3.8) is 0 Å². The molecule has 0 aliphatic rings. The Bertz CT molecular complexity index is 451. The van der Waals surface area contributed by atoms with Gasteiger partial charge in [-0.3, -0.25) is 0 Å². The predicted octanol–water partition coefficient (Wildman–Crippen LogP) is 2.62. The van der Waals surface area contributed by atoms with Crippen molar-refractivity contribution in [3.8, 4) is 0 Å². The fourth-order valence-corrected chi connectivity index (χ4v) is 1.72. The van der Waals surface area contributed by atoms with Gasteiger partial charge in [-0.1, -0.05) is 6.07 Å². The van der Waals surface area contributed by atoms with E-state index in [4.69, 9.17) is 5.73 Å². The number of nitrogens with two attached hydrogens (primary N) is 1. The molecule has 0 radical (unpaired) electrons. The first-order chi connectivity index (χ1) is 6.68. The fourth-order valence-electron chi connectivity index (χ4n) is 1.72. The summed E-state index contributed by atoms with van der Waals surface area (Å²) in [7, 11) is 0. The Labute approximate surface area is 94.1 Å². The van der Waals surface area contributed by atoms with E-state index in [9.17, 15) is 4.39 Å². The molecule has 0 aliphatic carbocycles. The van der Waals surface area contributed by atoms with Crippen LogP contribution in [0.25, 0.3) is 10.9 Å². The quantitative estimate of drug-likeness (QED) is 0.815. The van der Waals surface area contributed by atoms with Crippen molar-refractivity contribution in [2.45, 2.75) is 19.4 Å². The fraction of sp³-hybridized carbons (Fsp3) is 0.273. The minimum absolute atomic E-state index is 0. The van der Waals surface area contributed by atoms with E-state index in [-0.39, 0.29) is 24.3 Å². The van der Waals surface area contributed by atoms with Crippen LogP contribution in [0, 0.1) is 5.82 Å². The van der Waals surface area contributed by atoms with Gasteiger partial charge in [0.1, 0.15) is 5.82 Å². The highest BCUT2D eigenvalue weighted by molar-refractivity contribution is 5.85. The van der Waals surface area contributed by atoms with Crippen molar-refractivity contribution < 1.29 is 4.39 Å². The van der Waals surface area contributed by atoms with Crippen LogP contribution in [-0.2, 0) is 6.42 Å². The van der Waals surface area contributed by atoms with Gasteiger partial charge in [-0.05, 0) is 31.0 Å². The zero-order chi connectivity index (χ0) is 10.1. The Hall–Kier alpha value is -1.06. The number of rotatable bonds is 2. The number of aromatic amines is 1. The van der Waals surface area contributed by atoms with Crippen molar-refractivity contribution in [2.24, 2.45) is 5.73 Å². The van der Waals surface area contributed by atoms with Gasteiger partial charge in [-0.25, -0.2) is 4.39 Å². The maximum Gasteiger partial charge on any atom is 0.132 e. The van der Waals surface area contributed by atoms with Crippen LogP contribution in [0.4, 0.5) is 4.39 Å². The normalized spacial score (nSPS) is 12.5. The molecule has 2 rings (SSSR count). The Morgan fingerprint density at radius 2 is 2.20 bits per heavy atom. The number of hydrogen-bond acceptors (Lipinski definition) is 1. The first-order valence-electron chi connectivity index (χ1n) is 4.68. The summed E-state index contributed by atoms with van der Waals surface area (Å²) in [4.78, 5) is 3.04. The van der Waals surface area contributed by atoms with Crippen molar-refractivity contribution in [3.05, 3.63) is 35.8 Å². The third-order valence-electron chi connectivity index (χ3n) is 2.28. The van der Waals surface area contributed by atoms with Crippen LogP contribution < -0.4 is 5.73 Å². The van der Waals surface area contributed by atoms with Gasteiger partial charge >= 0.3 is 0 Å². The summed E-state index contributed by atoms with van der Waals surface area (Å²) in [6.07, 6.45) is 2.53. The van der Waals surface area contributed by atoms with E-state index in [1.165, 1.54) is 6.07 Å². The van der Waals surface area contributed by atoms with Gasteiger partial charge in [-0.15, -0.1) is 12.4 Å². The standard InChI is InChI=1S/C11H13FN2.ClH/c1-7(13)5-8-6-14-10-4-2-3-9(12)11(8)10;/h2-4,6-7,14H,5,13H2,1H3;1H. The molecule has 1 aromatic carbocycles. The zero-order valence-corrected chi connectivity index (χ0v) is 9.27. The number of aromatic nitrogens is 1. The molecule has 4 heteroatoms. The smallest absolute Gasteiger partial charge is 0.132 e. The van der Waals surface area contributed by atoms with Crippen LogP contribution >= 0.6 is 12.4 Å². The van der Waals surface area contributed by atoms with Crippen molar-refractivity contribution in [1.29, 1.82) is 0 Å². The number of benzene rings is 1. The third kappa shape index (κ3) is 2.30. The Morgan fingerprint density at radius 1 is 1.47 bits per heavy atom. The molecular formula is C11H14ClFN2. The van der Waals surface area contributed by atoms with Crippen LogP contribution in [0.5, 0.6) is 0 Å². The molecule has 2 aromatic rings. The van der Waals surface area contributed by atoms with Gasteiger partial charge in [0.2, 0.25) is 0 Å². The molecule has 2 nitrogen and oxygen atoms in total. The molecule has 3 N–H and O–H groups in total. The van der Waals surface area contributed by atoms with Crippen LogP contribution in [0.1, 0.15) is 12.5 Å². The first kappa shape index (κ1) is 12.0. The lowest BCUT2D eigenvalue weighted by Crippen LogP contribution is -2.17. The van der Waals surface area contributed by atoms with Gasteiger partial charge in [0.05, 0.1) is 0 Å². The van der Waals surface area contributed by atoms with Crippen LogP contribution in [0.3, 0.4) is 0 Å². The molecule has 1 heterocycles. The van der Waals surface area contributed by atoms with Gasteiger partial charge in [0.15, 0.2) is 0 Å². The van der Waals surface area contributed by atoms with Crippen LogP contribution in [0.2, 0.25) is 0 Å². The van der Waals surface area contributed by atoms with Gasteiger partial charge in [0, 0.05) is 23.1 Å². The van der Waals surface area contributed by atoms with Gasteiger partial charge in [-0.2, -0.15) is 0 Å². The second kappa shape index (κ2) is 4.64. The van der Waals surface area contributed by atoms with Crippen LogP contribution in [-0.4, -0.2) is 11.0 Å². The minimum Gasteiger partial charge on any atom is -0.361 e. The summed E-state index contributed by atoms with van der Waals surface area (Å²) in [6.45, 7) is 1.92. The van der Waals surface area contributed by atoms with E-state index >= 15 is 0 Å². The molecule has 15 heavy (non-hydrogen) atoms. The Kier molecular flexibility index (Phi) is 3.72. The molecule has 0 saturated carbocycles. The number of hydrogen-bond donors (Lipinski definition) is 2. The Balaban J connectivity index is 0.00000112. The average molecular weight is 229 g/mol. The lowest BCUT2D eigenvalue weighted by atomic mass is 10.1. The summed E-state index contributed by atoms with van der Waals surface area (Å²) >= 11 is 0. The maximum absolute atomic E-state index is 13.5. The molecule has 1 unspecified atom stereocenters. The van der Waals surface area contributed by atoms with E-state index in [0.717, 1.165) is 11.1 Å². The number of H-pyrrole nitrogens is 1. The molecule has 0 fully saturated rings. The molecule has 82 valence electrons. The predicted molar refractivity (Wildman–Crippen MR) is 62.9 cm³/mol. The first-order valence-corrected chi connectivity index (χ1v) is 4.68. The van der Waals surface area contributed by atoms with E-state index in [1.54, 1.807) is 6.07 Å². The summed E-state index contributed by atoms with van der Waals surface area (Å²) in [6, 6.07) is 5.09. The van der Waals surface area contributed by atoms with Crippen molar-refractivity contribution >= 4 is 23.3 Å². The maximum atomic E-state index is 13.5. The SMILES string of the molecule is CC(N)Cc1c[nH]c2cccc(F)c12.Cl. The molecule has 0 amide bonds. The summed E-state index contributed by atoms with van der Waals surface area (Å²) in [5.74, 6) is -0.181. The molecule has 1 atom stereocenters. The zero-order valence-electron chi connectivity index (χ0n) is 8.46. The van der Waals surface area contributed by atoms with Gasteiger partial charge in [0.25, 0.3) is 0 Å². The highest BCUT2D eigenvalue weighted by Crippen LogP contribution is 2.22. The van der Waals surface area contributed by atoms with E-state index in [0.29, 0.717) is 11.8 Å². The van der Waals surface area contributed by atoms with Crippen molar-refractivity contribution in [2.75, 3.05) is 0 Å². The topological polar surface area (TPSA) is 41.8 Å². The molecule has 0 spiro atoms. The minimum atomic E-state index is -0.181. The second-order valence-electron chi connectivity index (χ2n) is 3.66. The summed E-state index contributed by atoms with van der Waals surface area (Å²) in [5.41, 5.74) is 7.47. The average Bonchev–Trinajstić information content (AvgIpc) is 2.49. The lowest BCUT2D eigenvalue weighted by Gasteiger charge is -2.03. The number of nitrogens with one attached hydrogen (secondary N) is 1. The van der Waals surface area contributed by atoms with Crippen molar-refractivity contribution in [1.82, 2.24) is 4.98 Å². The van der Waals surface area contributed by atoms with E-state index in [1.807, 2.05) is 19.2 Å². The van der Waals surface area contributed by atoms with Crippen LogP contribution in [0.15, 0.2) is 24.4 Å². The lowest BCUT2D eigenvalue weighted by molar-refractivity contribution is 0.637. The summed E-state index contributed by atoms with van der Waals surface area (Å²) < 4.78 is 13.5. The molecule has 1 aromatic heterocycles. The molecule has 0 saturated heterocycles. The molecular weight excluding hydrogens is 215 g/mol. The number of halogens is 2. The summed E-state index contributed by atoms with van der Waals surface area (Å²) in [5, 5.41) is 0.671. The monoisotopic (exact) mass is 228 g/mol. The molecule has 0 bridgehead atoms. The third-order valence-corrected chi connectivity index (χ3v) is 2.28. The Morgan fingerprint density at radius 3 is 2.87 bits per heavy atom. The van der Waals surface area contributed by atoms with Gasteiger partial charge < -0.3 is 10.7 Å². The van der Waals surface area contributed by atoms with E-state index in [2.05, 4.69) is 4.98 Å². The largest absolute Gasteiger partial charge is 0.361 e. The second-order valence-corrected chi connectivity index (χ2v) is 3.66. The molecule has 0 aliphatic heterocycles. The number of fused-ring (bicyclic) bond motifs is 1. The highest BCUT2D eigenvalue weighted by Gasteiger charge is 2.09.